The molecule has 1 aromatic rings. The molecule has 0 saturated carbocycles. The Hall–Kier alpha value is -1.74. The van der Waals surface area contributed by atoms with Crippen LogP contribution in [0.5, 0.6) is 0 Å². The normalized spacial score (nSPS) is 20.3. The molecular formula is C25H36N2O. The van der Waals surface area contributed by atoms with Gasteiger partial charge in [0.15, 0.2) is 0 Å². The average molecular weight is 381 g/mol. The summed E-state index contributed by atoms with van der Waals surface area (Å²) in [6.07, 6.45) is 15.6. The van der Waals surface area contributed by atoms with Gasteiger partial charge in [-0.1, -0.05) is 56.2 Å². The first-order valence-electron chi connectivity index (χ1n) is 11.2. The topological polar surface area (TPSA) is 32.7 Å². The minimum atomic E-state index is -0.0792. The Kier molecular flexibility index (Phi) is 7.61. The zero-order valence-electron chi connectivity index (χ0n) is 17.8. The minimum absolute atomic E-state index is 0.0792. The van der Waals surface area contributed by atoms with Crippen molar-refractivity contribution in [2.75, 3.05) is 19.6 Å². The number of aliphatic imine (C=N–C) groups is 1. The highest BCUT2D eigenvalue weighted by atomic mass is 16.1. The van der Waals surface area contributed by atoms with Crippen LogP contribution in [0.15, 0.2) is 41.4 Å². The van der Waals surface area contributed by atoms with Crippen LogP contribution in [-0.4, -0.2) is 36.2 Å². The van der Waals surface area contributed by atoms with Gasteiger partial charge in [-0.05, 0) is 69.3 Å². The van der Waals surface area contributed by atoms with Crippen LogP contribution in [0.25, 0.3) is 0 Å². The SMILES string of the molecule is CC/C=C\CCCCCCN1CCC2(CC1)CC(=NC(C)=O)c1ccccc12. The van der Waals surface area contributed by atoms with Gasteiger partial charge in [-0.25, -0.2) is 4.99 Å². The Bertz CT molecular complexity index is 711. The molecule has 1 spiro atoms. The van der Waals surface area contributed by atoms with Gasteiger partial charge in [-0.3, -0.25) is 4.79 Å². The number of fused-ring (bicyclic) bond motifs is 2. The van der Waals surface area contributed by atoms with Gasteiger partial charge in [0.2, 0.25) is 5.91 Å². The van der Waals surface area contributed by atoms with E-state index in [9.17, 15) is 4.79 Å². The van der Waals surface area contributed by atoms with Crippen molar-refractivity contribution >= 4 is 11.6 Å². The van der Waals surface area contributed by atoms with Crippen LogP contribution in [0.4, 0.5) is 0 Å². The van der Waals surface area contributed by atoms with Gasteiger partial charge in [0.1, 0.15) is 0 Å². The molecule has 1 aliphatic carbocycles. The standard InChI is InChI=1S/C25H36N2O/c1-3-4-5-6-7-8-9-12-17-27-18-15-25(16-19-27)20-24(26-21(2)28)22-13-10-11-14-23(22)25/h4-5,10-11,13-14H,3,6-9,12,15-20H2,1-2H3/b5-4-,26-24?. The number of hydrogen-bond donors (Lipinski definition) is 0. The van der Waals surface area contributed by atoms with Crippen LogP contribution in [-0.2, 0) is 10.2 Å². The van der Waals surface area contributed by atoms with Crippen LogP contribution in [0.1, 0.15) is 82.8 Å². The van der Waals surface area contributed by atoms with E-state index < -0.39 is 0 Å². The van der Waals surface area contributed by atoms with E-state index in [0.29, 0.717) is 0 Å². The largest absolute Gasteiger partial charge is 0.303 e. The third-order valence-corrected chi connectivity index (χ3v) is 6.42. The van der Waals surface area contributed by atoms with Crippen molar-refractivity contribution in [3.8, 4) is 0 Å². The number of hydrogen-bond acceptors (Lipinski definition) is 2. The van der Waals surface area contributed by atoms with Gasteiger partial charge in [0.25, 0.3) is 0 Å². The van der Waals surface area contributed by atoms with Gasteiger partial charge in [-0.15, -0.1) is 0 Å². The van der Waals surface area contributed by atoms with Crippen molar-refractivity contribution in [1.29, 1.82) is 0 Å². The number of piperidine rings is 1. The first kappa shape index (κ1) is 21.0. The van der Waals surface area contributed by atoms with Crippen molar-refractivity contribution in [2.45, 2.75) is 77.0 Å². The predicted octanol–water partition coefficient (Wildman–Crippen LogP) is 5.68. The highest BCUT2D eigenvalue weighted by molar-refractivity contribution is 6.10. The summed E-state index contributed by atoms with van der Waals surface area (Å²) in [5.41, 5.74) is 3.85. The van der Waals surface area contributed by atoms with Crippen LogP contribution in [0.3, 0.4) is 0 Å². The summed E-state index contributed by atoms with van der Waals surface area (Å²) in [7, 11) is 0. The highest BCUT2D eigenvalue weighted by Gasteiger charge is 2.43. The van der Waals surface area contributed by atoms with Crippen LogP contribution < -0.4 is 0 Å². The zero-order chi connectivity index (χ0) is 19.8. The molecule has 0 aromatic heterocycles. The third kappa shape index (κ3) is 5.20. The molecule has 3 rings (SSSR count). The Balaban J connectivity index is 1.47. The van der Waals surface area contributed by atoms with E-state index in [1.54, 1.807) is 6.92 Å². The first-order chi connectivity index (χ1) is 13.6. The second-order valence-electron chi connectivity index (χ2n) is 8.50. The second-order valence-corrected chi connectivity index (χ2v) is 8.50. The lowest BCUT2D eigenvalue weighted by molar-refractivity contribution is -0.115. The molecule has 0 radical (unpaired) electrons. The third-order valence-electron chi connectivity index (χ3n) is 6.42. The first-order valence-corrected chi connectivity index (χ1v) is 11.2. The summed E-state index contributed by atoms with van der Waals surface area (Å²) < 4.78 is 0. The number of likely N-dealkylation sites (tertiary alicyclic amines) is 1. The van der Waals surface area contributed by atoms with Crippen molar-refractivity contribution in [3.63, 3.8) is 0 Å². The molecule has 3 nitrogen and oxygen atoms in total. The number of benzene rings is 1. The molecule has 1 fully saturated rings. The van der Waals surface area contributed by atoms with Crippen LogP contribution in [0.2, 0.25) is 0 Å². The monoisotopic (exact) mass is 380 g/mol. The van der Waals surface area contributed by atoms with Crippen LogP contribution in [0, 0.1) is 0 Å². The maximum absolute atomic E-state index is 11.6. The summed E-state index contributed by atoms with van der Waals surface area (Å²) in [5, 5.41) is 0. The number of amides is 1. The summed E-state index contributed by atoms with van der Waals surface area (Å²) >= 11 is 0. The maximum atomic E-state index is 11.6. The number of rotatable bonds is 8. The van der Waals surface area contributed by atoms with Gasteiger partial charge in [0.05, 0.1) is 5.71 Å². The smallest absolute Gasteiger partial charge is 0.242 e. The van der Waals surface area contributed by atoms with Crippen molar-refractivity contribution in [2.24, 2.45) is 4.99 Å². The molecule has 0 atom stereocenters. The van der Waals surface area contributed by atoms with E-state index in [0.717, 1.165) is 18.6 Å². The molecule has 0 bridgehead atoms. The van der Waals surface area contributed by atoms with Crippen LogP contribution >= 0.6 is 0 Å². The maximum Gasteiger partial charge on any atom is 0.242 e. The van der Waals surface area contributed by atoms with E-state index in [4.69, 9.17) is 0 Å². The Labute approximate surface area is 170 Å². The Morgan fingerprint density at radius 2 is 1.86 bits per heavy atom. The molecule has 1 aliphatic heterocycles. The Morgan fingerprint density at radius 3 is 2.61 bits per heavy atom. The van der Waals surface area contributed by atoms with E-state index >= 15 is 0 Å². The van der Waals surface area contributed by atoms with Gasteiger partial charge in [0, 0.05) is 18.8 Å². The lowest BCUT2D eigenvalue weighted by atomic mass is 9.74. The number of allylic oxidation sites excluding steroid dienone is 2. The molecule has 2 aliphatic rings. The number of unbranched alkanes of at least 4 members (excludes halogenated alkanes) is 4. The summed E-state index contributed by atoms with van der Waals surface area (Å²) in [5.74, 6) is -0.0792. The van der Waals surface area contributed by atoms with Gasteiger partial charge in [-0.2, -0.15) is 0 Å². The van der Waals surface area contributed by atoms with E-state index in [1.165, 1.54) is 75.7 Å². The molecule has 1 saturated heterocycles. The van der Waals surface area contributed by atoms with E-state index in [-0.39, 0.29) is 11.3 Å². The fourth-order valence-electron chi connectivity index (χ4n) is 4.88. The predicted molar refractivity (Wildman–Crippen MR) is 118 cm³/mol. The molecule has 3 heteroatoms. The van der Waals surface area contributed by atoms with Gasteiger partial charge >= 0.3 is 0 Å². The molecule has 1 aromatic carbocycles. The molecule has 0 unspecified atom stereocenters. The highest BCUT2D eigenvalue weighted by Crippen LogP contribution is 2.46. The van der Waals surface area contributed by atoms with E-state index in [2.05, 4.69) is 53.2 Å². The van der Waals surface area contributed by atoms with Gasteiger partial charge < -0.3 is 4.90 Å². The fourth-order valence-corrected chi connectivity index (χ4v) is 4.88. The molecule has 0 N–H and O–H groups in total. The number of carbonyl (C=O) groups excluding carboxylic acids is 1. The number of nitrogens with zero attached hydrogens (tertiary/aromatic N) is 2. The van der Waals surface area contributed by atoms with Crippen molar-refractivity contribution in [1.82, 2.24) is 4.90 Å². The summed E-state index contributed by atoms with van der Waals surface area (Å²) in [4.78, 5) is 18.6. The molecular weight excluding hydrogens is 344 g/mol. The average Bonchev–Trinajstić information content (AvgIpc) is 2.98. The molecule has 1 amide bonds. The lowest BCUT2D eigenvalue weighted by Crippen LogP contribution is -2.42. The zero-order valence-corrected chi connectivity index (χ0v) is 17.8. The summed E-state index contributed by atoms with van der Waals surface area (Å²) in [6, 6.07) is 8.62. The summed E-state index contributed by atoms with van der Waals surface area (Å²) in [6.45, 7) is 7.32. The molecule has 1 heterocycles. The lowest BCUT2D eigenvalue weighted by Gasteiger charge is -2.40. The molecule has 28 heavy (non-hydrogen) atoms. The fraction of sp³-hybridized carbons (Fsp3) is 0.600. The minimum Gasteiger partial charge on any atom is -0.303 e. The van der Waals surface area contributed by atoms with E-state index in [1.807, 2.05) is 0 Å². The number of carbonyl (C=O) groups is 1. The quantitative estimate of drug-likeness (QED) is 0.429. The molecule has 152 valence electrons. The van der Waals surface area contributed by atoms with Crippen molar-refractivity contribution < 1.29 is 4.79 Å². The Morgan fingerprint density at radius 1 is 1.11 bits per heavy atom. The van der Waals surface area contributed by atoms with Crippen molar-refractivity contribution in [3.05, 3.63) is 47.5 Å². The second kappa shape index (κ2) is 10.2.